The van der Waals surface area contributed by atoms with Gasteiger partial charge in [0.1, 0.15) is 15.4 Å². The van der Waals surface area contributed by atoms with Gasteiger partial charge in [-0.15, -0.1) is 11.3 Å². The summed E-state index contributed by atoms with van der Waals surface area (Å²) in [6.07, 6.45) is 1.97. The topological polar surface area (TPSA) is 93.5 Å². The van der Waals surface area contributed by atoms with Gasteiger partial charge in [-0.3, -0.25) is 4.79 Å². The molecule has 1 amide bonds. The Morgan fingerprint density at radius 3 is 2.55 bits per heavy atom. The first-order valence-electron chi connectivity index (χ1n) is 6.02. The van der Waals surface area contributed by atoms with Gasteiger partial charge in [0.25, 0.3) is 5.91 Å². The van der Waals surface area contributed by atoms with Crippen molar-refractivity contribution < 1.29 is 14.3 Å². The average Bonchev–Trinajstić information content (AvgIpc) is 2.73. The Morgan fingerprint density at radius 1 is 1.40 bits per heavy atom. The van der Waals surface area contributed by atoms with E-state index in [0.29, 0.717) is 16.4 Å². The number of nitrogen functional groups attached to an aromatic ring is 1. The largest absolute Gasteiger partial charge is 0.465 e. The average molecular weight is 297 g/mol. The lowest BCUT2D eigenvalue weighted by atomic mass is 10.2. The molecule has 6 nitrogen and oxygen atoms in total. The van der Waals surface area contributed by atoms with Crippen LogP contribution >= 0.6 is 11.3 Å². The van der Waals surface area contributed by atoms with Crippen LogP contribution in [0.3, 0.4) is 0 Å². The minimum atomic E-state index is -0.561. The minimum Gasteiger partial charge on any atom is -0.465 e. The van der Waals surface area contributed by atoms with Crippen molar-refractivity contribution >= 4 is 33.9 Å². The number of amides is 1. The molecule has 0 bridgehead atoms. The summed E-state index contributed by atoms with van der Waals surface area (Å²) in [4.78, 5) is 23.8. The first kappa shape index (κ1) is 16.0. The number of anilines is 2. The summed E-state index contributed by atoms with van der Waals surface area (Å²) < 4.78 is 4.71. The number of carbonyl (C=O) groups excluding carboxylic acids is 2. The van der Waals surface area contributed by atoms with E-state index in [1.165, 1.54) is 14.2 Å². The molecular weight excluding hydrogens is 278 g/mol. The predicted octanol–water partition coefficient (Wildman–Crippen LogP) is 1.85. The highest BCUT2D eigenvalue weighted by Crippen LogP contribution is 2.36. The van der Waals surface area contributed by atoms with Crippen LogP contribution in [0.4, 0.5) is 10.7 Å². The molecule has 0 saturated heterocycles. The first-order chi connectivity index (χ1) is 9.42. The number of thiophene rings is 1. The molecule has 1 aromatic rings. The molecule has 1 heterocycles. The van der Waals surface area contributed by atoms with Gasteiger partial charge in [-0.05, 0) is 13.8 Å². The number of ether oxygens (including phenoxy) is 1. The molecule has 1 rings (SSSR count). The zero-order valence-corrected chi connectivity index (χ0v) is 12.8. The van der Waals surface area contributed by atoms with Gasteiger partial charge in [-0.25, -0.2) is 4.79 Å². The van der Waals surface area contributed by atoms with Gasteiger partial charge in [0.05, 0.1) is 12.8 Å². The molecule has 0 spiro atoms. The number of nitrogens with two attached hydrogens (primary N) is 1. The predicted molar refractivity (Wildman–Crippen MR) is 81.4 cm³/mol. The number of nitrogens with one attached hydrogen (secondary N) is 2. The van der Waals surface area contributed by atoms with Crippen LogP contribution in [0, 0.1) is 0 Å². The van der Waals surface area contributed by atoms with E-state index in [4.69, 9.17) is 10.5 Å². The molecule has 0 aliphatic heterocycles. The van der Waals surface area contributed by atoms with Crippen LogP contribution in [0.15, 0.2) is 11.6 Å². The van der Waals surface area contributed by atoms with E-state index in [0.717, 1.165) is 16.9 Å². The summed E-state index contributed by atoms with van der Waals surface area (Å²) in [6, 6.07) is 0. The van der Waals surface area contributed by atoms with Gasteiger partial charge in [-0.2, -0.15) is 0 Å². The highest BCUT2D eigenvalue weighted by atomic mass is 32.1. The Bertz CT molecular complexity index is 545. The van der Waals surface area contributed by atoms with Crippen LogP contribution in [-0.2, 0) is 4.74 Å². The van der Waals surface area contributed by atoms with E-state index in [2.05, 4.69) is 10.6 Å². The second-order valence-electron chi connectivity index (χ2n) is 4.28. The Labute approximate surface area is 122 Å². The number of carbonyl (C=O) groups is 2. The number of esters is 1. The Hall–Kier alpha value is -2.02. The lowest BCUT2D eigenvalue weighted by Gasteiger charge is -2.04. The number of hydrogen-bond donors (Lipinski definition) is 3. The van der Waals surface area contributed by atoms with Crippen molar-refractivity contribution in [1.29, 1.82) is 0 Å². The standard InChI is InChI=1S/C13H19N3O3S/c1-7(2)5-6-16-12-8(13(18)19-4)9(14)10(20-12)11(17)15-3/h5,16H,6,14H2,1-4H3,(H,15,17). The van der Waals surface area contributed by atoms with E-state index in [-0.39, 0.29) is 17.2 Å². The third-order valence-electron chi connectivity index (χ3n) is 2.54. The third-order valence-corrected chi connectivity index (χ3v) is 3.70. The monoisotopic (exact) mass is 297 g/mol. The number of allylic oxidation sites excluding steroid dienone is 1. The van der Waals surface area contributed by atoms with Crippen LogP contribution in [-0.4, -0.2) is 32.6 Å². The molecule has 0 aliphatic rings. The second kappa shape index (κ2) is 6.95. The number of rotatable bonds is 5. The van der Waals surface area contributed by atoms with Crippen molar-refractivity contribution in [2.45, 2.75) is 13.8 Å². The second-order valence-corrected chi connectivity index (χ2v) is 5.30. The Morgan fingerprint density at radius 2 is 2.05 bits per heavy atom. The molecular formula is C13H19N3O3S. The summed E-state index contributed by atoms with van der Waals surface area (Å²) in [5, 5.41) is 6.11. The molecule has 7 heteroatoms. The number of hydrogen-bond acceptors (Lipinski definition) is 6. The van der Waals surface area contributed by atoms with Gasteiger partial charge in [-0.1, -0.05) is 11.6 Å². The van der Waals surface area contributed by atoms with Crippen molar-refractivity contribution in [2.75, 3.05) is 31.8 Å². The van der Waals surface area contributed by atoms with Crippen LogP contribution in [0.1, 0.15) is 33.9 Å². The maximum Gasteiger partial charge on any atom is 0.343 e. The highest BCUT2D eigenvalue weighted by molar-refractivity contribution is 7.19. The fraction of sp³-hybridized carbons (Fsp3) is 0.385. The molecule has 0 aliphatic carbocycles. The molecule has 4 N–H and O–H groups in total. The van der Waals surface area contributed by atoms with Crippen molar-refractivity contribution in [3.63, 3.8) is 0 Å². The van der Waals surface area contributed by atoms with Crippen LogP contribution in [0.2, 0.25) is 0 Å². The molecule has 0 saturated carbocycles. The van der Waals surface area contributed by atoms with Crippen LogP contribution < -0.4 is 16.4 Å². The molecule has 0 fully saturated rings. The minimum absolute atomic E-state index is 0.140. The maximum absolute atomic E-state index is 11.8. The fourth-order valence-corrected chi connectivity index (χ4v) is 2.56. The molecule has 0 radical (unpaired) electrons. The van der Waals surface area contributed by atoms with Crippen molar-refractivity contribution in [3.05, 3.63) is 22.1 Å². The lowest BCUT2D eigenvalue weighted by Crippen LogP contribution is -2.18. The Balaban J connectivity index is 3.16. The fourth-order valence-electron chi connectivity index (χ4n) is 1.50. The van der Waals surface area contributed by atoms with E-state index < -0.39 is 5.97 Å². The number of methoxy groups -OCH3 is 1. The molecule has 0 unspecified atom stereocenters. The highest BCUT2D eigenvalue weighted by Gasteiger charge is 2.25. The summed E-state index contributed by atoms with van der Waals surface area (Å²) in [5.74, 6) is -0.887. The van der Waals surface area contributed by atoms with Crippen molar-refractivity contribution in [2.24, 2.45) is 0 Å². The molecule has 0 atom stereocenters. The van der Waals surface area contributed by atoms with Crippen LogP contribution in [0.5, 0.6) is 0 Å². The van der Waals surface area contributed by atoms with Gasteiger partial charge in [0, 0.05) is 13.6 Å². The van der Waals surface area contributed by atoms with Crippen molar-refractivity contribution in [3.8, 4) is 0 Å². The van der Waals surface area contributed by atoms with Gasteiger partial charge >= 0.3 is 5.97 Å². The third kappa shape index (κ3) is 3.51. The first-order valence-corrected chi connectivity index (χ1v) is 6.83. The van der Waals surface area contributed by atoms with E-state index in [1.807, 2.05) is 19.9 Å². The van der Waals surface area contributed by atoms with E-state index >= 15 is 0 Å². The van der Waals surface area contributed by atoms with Gasteiger partial charge in [0.2, 0.25) is 0 Å². The van der Waals surface area contributed by atoms with E-state index in [9.17, 15) is 9.59 Å². The quantitative estimate of drug-likeness (QED) is 0.569. The molecule has 110 valence electrons. The van der Waals surface area contributed by atoms with Crippen LogP contribution in [0.25, 0.3) is 0 Å². The smallest absolute Gasteiger partial charge is 0.343 e. The zero-order valence-electron chi connectivity index (χ0n) is 12.0. The zero-order chi connectivity index (χ0) is 15.3. The lowest BCUT2D eigenvalue weighted by molar-refractivity contribution is 0.0603. The summed E-state index contributed by atoms with van der Waals surface area (Å²) in [7, 11) is 2.79. The van der Waals surface area contributed by atoms with Crippen molar-refractivity contribution in [1.82, 2.24) is 5.32 Å². The molecule has 0 aromatic carbocycles. The summed E-state index contributed by atoms with van der Waals surface area (Å²) >= 11 is 1.14. The maximum atomic E-state index is 11.8. The van der Waals surface area contributed by atoms with E-state index in [1.54, 1.807) is 0 Å². The van der Waals surface area contributed by atoms with Gasteiger partial charge in [0.15, 0.2) is 0 Å². The summed E-state index contributed by atoms with van der Waals surface area (Å²) in [5.41, 5.74) is 7.37. The Kier molecular flexibility index (Phi) is 5.57. The van der Waals surface area contributed by atoms with Gasteiger partial charge < -0.3 is 21.1 Å². The molecule has 20 heavy (non-hydrogen) atoms. The summed E-state index contributed by atoms with van der Waals surface area (Å²) in [6.45, 7) is 4.49. The molecule has 1 aromatic heterocycles. The normalized spacial score (nSPS) is 9.80. The SMILES string of the molecule is CNC(=O)c1sc(NCC=C(C)C)c(C(=O)OC)c1N.